The van der Waals surface area contributed by atoms with Gasteiger partial charge in [0.25, 0.3) is 5.91 Å². The van der Waals surface area contributed by atoms with Crippen LogP contribution >= 0.6 is 0 Å². The van der Waals surface area contributed by atoms with Gasteiger partial charge in [0, 0.05) is 7.11 Å². The average Bonchev–Trinajstić information content (AvgIpc) is 2.18. The normalized spacial score (nSPS) is 13.1. The zero-order chi connectivity index (χ0) is 13.1. The summed E-state index contributed by atoms with van der Waals surface area (Å²) in [5.41, 5.74) is 5.66. The van der Waals surface area contributed by atoms with Gasteiger partial charge in [0.2, 0.25) is 0 Å². The molecular formula is C10H13NO5S. The Hall–Kier alpha value is -1.60. The molecule has 17 heavy (non-hydrogen) atoms. The standard InChI is InChI=1S/C10H13NO5S/c1-15-9(10(11)12)7-3-5-8(6-4-7)16-17(2,13)14/h3-6,9H,1-2H3,(H2,11,12). The number of benzene rings is 1. The van der Waals surface area contributed by atoms with Crippen molar-refractivity contribution in [3.8, 4) is 5.75 Å². The third-order valence-electron chi connectivity index (χ3n) is 1.92. The molecule has 0 aliphatic rings. The lowest BCUT2D eigenvalue weighted by molar-refractivity contribution is -0.128. The molecule has 0 heterocycles. The van der Waals surface area contributed by atoms with Gasteiger partial charge in [0.1, 0.15) is 5.75 Å². The highest BCUT2D eigenvalue weighted by Gasteiger charge is 2.16. The van der Waals surface area contributed by atoms with E-state index in [1.54, 1.807) is 0 Å². The van der Waals surface area contributed by atoms with E-state index in [-0.39, 0.29) is 5.75 Å². The number of carbonyl (C=O) groups excluding carboxylic acids is 1. The molecule has 0 radical (unpaired) electrons. The number of rotatable bonds is 5. The minimum atomic E-state index is -3.56. The van der Waals surface area contributed by atoms with E-state index in [4.69, 9.17) is 10.5 Å². The number of primary amides is 1. The summed E-state index contributed by atoms with van der Waals surface area (Å²) in [4.78, 5) is 11.0. The molecule has 0 saturated carbocycles. The zero-order valence-electron chi connectivity index (χ0n) is 9.41. The van der Waals surface area contributed by atoms with E-state index in [9.17, 15) is 13.2 Å². The molecule has 94 valence electrons. The fourth-order valence-corrected chi connectivity index (χ4v) is 1.75. The van der Waals surface area contributed by atoms with Crippen molar-refractivity contribution < 1.29 is 22.1 Å². The number of ether oxygens (including phenoxy) is 1. The Kier molecular flexibility index (Phi) is 4.08. The van der Waals surface area contributed by atoms with E-state index >= 15 is 0 Å². The molecule has 0 aliphatic carbocycles. The molecule has 1 rings (SSSR count). The predicted molar refractivity (Wildman–Crippen MR) is 60.9 cm³/mol. The first-order valence-corrected chi connectivity index (χ1v) is 6.46. The molecule has 1 amide bonds. The molecule has 7 heteroatoms. The summed E-state index contributed by atoms with van der Waals surface area (Å²) in [6, 6.07) is 5.87. The van der Waals surface area contributed by atoms with Gasteiger partial charge < -0.3 is 14.7 Å². The van der Waals surface area contributed by atoms with E-state index in [2.05, 4.69) is 4.18 Å². The van der Waals surface area contributed by atoms with Crippen LogP contribution in [0.15, 0.2) is 24.3 Å². The second kappa shape index (κ2) is 5.15. The largest absolute Gasteiger partial charge is 0.383 e. The Morgan fingerprint density at radius 1 is 1.29 bits per heavy atom. The SMILES string of the molecule is COC(C(N)=O)c1ccc(OS(C)(=O)=O)cc1. The number of carbonyl (C=O) groups is 1. The van der Waals surface area contributed by atoms with Gasteiger partial charge >= 0.3 is 10.1 Å². The highest BCUT2D eigenvalue weighted by atomic mass is 32.2. The van der Waals surface area contributed by atoms with Crippen molar-refractivity contribution in [2.45, 2.75) is 6.10 Å². The van der Waals surface area contributed by atoms with E-state index < -0.39 is 22.1 Å². The first kappa shape index (κ1) is 13.5. The van der Waals surface area contributed by atoms with E-state index in [1.807, 2.05) is 0 Å². The van der Waals surface area contributed by atoms with Crippen LogP contribution in [0.4, 0.5) is 0 Å². The van der Waals surface area contributed by atoms with Gasteiger partial charge in [0.05, 0.1) is 6.26 Å². The molecule has 0 aliphatic heterocycles. The average molecular weight is 259 g/mol. The molecule has 1 unspecified atom stereocenters. The van der Waals surface area contributed by atoms with Crippen molar-refractivity contribution in [3.05, 3.63) is 29.8 Å². The lowest BCUT2D eigenvalue weighted by Gasteiger charge is -2.12. The Bertz CT molecular complexity index is 494. The van der Waals surface area contributed by atoms with Crippen LogP contribution in [0.25, 0.3) is 0 Å². The smallest absolute Gasteiger partial charge is 0.306 e. The summed E-state index contributed by atoms with van der Waals surface area (Å²) in [5.74, 6) is -0.458. The summed E-state index contributed by atoms with van der Waals surface area (Å²) in [5, 5.41) is 0. The van der Waals surface area contributed by atoms with Gasteiger partial charge in [-0.15, -0.1) is 0 Å². The first-order valence-electron chi connectivity index (χ1n) is 4.65. The van der Waals surface area contributed by atoms with Crippen LogP contribution in [0.1, 0.15) is 11.7 Å². The second-order valence-electron chi connectivity index (χ2n) is 3.37. The quantitative estimate of drug-likeness (QED) is 0.762. The number of methoxy groups -OCH3 is 1. The van der Waals surface area contributed by atoms with Crippen LogP contribution < -0.4 is 9.92 Å². The monoisotopic (exact) mass is 259 g/mol. The third kappa shape index (κ3) is 4.04. The van der Waals surface area contributed by atoms with Crippen molar-refractivity contribution in [2.75, 3.05) is 13.4 Å². The molecule has 0 spiro atoms. The van der Waals surface area contributed by atoms with Crippen LogP contribution in [0.3, 0.4) is 0 Å². The molecule has 0 aromatic heterocycles. The van der Waals surface area contributed by atoms with Gasteiger partial charge in [-0.05, 0) is 17.7 Å². The zero-order valence-corrected chi connectivity index (χ0v) is 10.2. The van der Waals surface area contributed by atoms with Gasteiger partial charge in [0.15, 0.2) is 6.10 Å². The van der Waals surface area contributed by atoms with Gasteiger partial charge in [-0.2, -0.15) is 8.42 Å². The van der Waals surface area contributed by atoms with E-state index in [0.29, 0.717) is 5.56 Å². The van der Waals surface area contributed by atoms with Crippen LogP contribution in [0.2, 0.25) is 0 Å². The summed E-state index contributed by atoms with van der Waals surface area (Å²) in [6.45, 7) is 0. The van der Waals surface area contributed by atoms with Gasteiger partial charge in [-0.3, -0.25) is 4.79 Å². The molecule has 0 saturated heterocycles. The lowest BCUT2D eigenvalue weighted by atomic mass is 10.1. The summed E-state index contributed by atoms with van der Waals surface area (Å²) in [7, 11) is -2.20. The maximum absolute atomic E-state index is 11.0. The van der Waals surface area contributed by atoms with Crippen molar-refractivity contribution >= 4 is 16.0 Å². The molecule has 1 aromatic rings. The van der Waals surface area contributed by atoms with Gasteiger partial charge in [-0.1, -0.05) is 12.1 Å². The molecular weight excluding hydrogens is 246 g/mol. The number of hydrogen-bond acceptors (Lipinski definition) is 5. The third-order valence-corrected chi connectivity index (χ3v) is 2.42. The first-order chi connectivity index (χ1) is 7.83. The molecule has 6 nitrogen and oxygen atoms in total. The Morgan fingerprint density at radius 2 is 1.82 bits per heavy atom. The summed E-state index contributed by atoms with van der Waals surface area (Å²) < 4.78 is 31.3. The molecule has 0 bridgehead atoms. The van der Waals surface area contributed by atoms with Crippen molar-refractivity contribution in [2.24, 2.45) is 5.73 Å². The Morgan fingerprint density at radius 3 is 2.18 bits per heavy atom. The molecule has 1 atom stereocenters. The highest BCUT2D eigenvalue weighted by molar-refractivity contribution is 7.86. The Labute approximate surface area is 99.5 Å². The number of nitrogens with two attached hydrogens (primary N) is 1. The molecule has 0 fully saturated rings. The lowest BCUT2D eigenvalue weighted by Crippen LogP contribution is -2.22. The van der Waals surface area contributed by atoms with Gasteiger partial charge in [-0.25, -0.2) is 0 Å². The van der Waals surface area contributed by atoms with Crippen molar-refractivity contribution in [1.29, 1.82) is 0 Å². The maximum atomic E-state index is 11.0. The Balaban J connectivity index is 2.91. The minimum absolute atomic E-state index is 0.163. The fraction of sp³-hybridized carbons (Fsp3) is 0.300. The van der Waals surface area contributed by atoms with Crippen molar-refractivity contribution in [3.63, 3.8) is 0 Å². The van der Waals surface area contributed by atoms with Crippen LogP contribution in [-0.4, -0.2) is 27.7 Å². The highest BCUT2D eigenvalue weighted by Crippen LogP contribution is 2.20. The second-order valence-corrected chi connectivity index (χ2v) is 4.95. The number of amides is 1. The topological polar surface area (TPSA) is 95.7 Å². The summed E-state index contributed by atoms with van der Waals surface area (Å²) in [6.07, 6.45) is 0.0877. The molecule has 2 N–H and O–H groups in total. The maximum Gasteiger partial charge on any atom is 0.306 e. The van der Waals surface area contributed by atoms with Crippen LogP contribution in [0.5, 0.6) is 5.75 Å². The van der Waals surface area contributed by atoms with E-state index in [0.717, 1.165) is 6.26 Å². The van der Waals surface area contributed by atoms with Crippen LogP contribution in [-0.2, 0) is 19.6 Å². The van der Waals surface area contributed by atoms with E-state index in [1.165, 1.54) is 31.4 Å². The predicted octanol–water partition coefficient (Wildman–Crippen LogP) is 0.198. The summed E-state index contributed by atoms with van der Waals surface area (Å²) >= 11 is 0. The fourth-order valence-electron chi connectivity index (χ4n) is 1.29. The van der Waals surface area contributed by atoms with Crippen molar-refractivity contribution in [1.82, 2.24) is 0 Å². The number of hydrogen-bond donors (Lipinski definition) is 1. The minimum Gasteiger partial charge on any atom is -0.383 e. The molecule has 1 aromatic carbocycles. The van der Waals surface area contributed by atoms with Crippen LogP contribution in [0, 0.1) is 0 Å².